The molecule has 4 nitrogen and oxygen atoms in total. The van der Waals surface area contributed by atoms with Gasteiger partial charge in [-0.2, -0.15) is 0 Å². The number of amides is 1. The largest absolute Gasteiger partial charge is 0.484 e. The Balaban J connectivity index is 1.20. The molecule has 3 aliphatic rings. The standard InChI is InChI=1S/C21H28N2O2/c1-16-3-2-4-20(11-16)25-15-21(24)23-9-7-22(8-10-23)14-19-13-17-5-6-18(19)12-17/h2-6,11,17-19H,7-10,12-15H2,1H3/t17-,18-,19-/m1/s1. The first-order valence-electron chi connectivity index (χ1n) is 9.55. The van der Waals surface area contributed by atoms with E-state index in [0.717, 1.165) is 55.2 Å². The van der Waals surface area contributed by atoms with Crippen molar-refractivity contribution in [3.63, 3.8) is 0 Å². The van der Waals surface area contributed by atoms with E-state index < -0.39 is 0 Å². The second-order valence-corrected chi connectivity index (χ2v) is 7.83. The molecule has 0 aromatic heterocycles. The van der Waals surface area contributed by atoms with Crippen LogP contribution in [0.5, 0.6) is 5.75 Å². The van der Waals surface area contributed by atoms with Gasteiger partial charge in [0.15, 0.2) is 6.61 Å². The van der Waals surface area contributed by atoms with E-state index in [1.54, 1.807) is 0 Å². The molecule has 2 fully saturated rings. The van der Waals surface area contributed by atoms with E-state index in [9.17, 15) is 4.79 Å². The monoisotopic (exact) mass is 340 g/mol. The molecule has 1 saturated heterocycles. The first kappa shape index (κ1) is 16.6. The highest BCUT2D eigenvalue weighted by Gasteiger charge is 2.36. The highest BCUT2D eigenvalue weighted by atomic mass is 16.5. The van der Waals surface area contributed by atoms with Crippen molar-refractivity contribution < 1.29 is 9.53 Å². The van der Waals surface area contributed by atoms with Crippen LogP contribution in [0.4, 0.5) is 0 Å². The molecule has 134 valence electrons. The van der Waals surface area contributed by atoms with Gasteiger partial charge >= 0.3 is 0 Å². The van der Waals surface area contributed by atoms with Crippen LogP contribution >= 0.6 is 0 Å². The third-order valence-corrected chi connectivity index (χ3v) is 5.99. The Labute approximate surface area is 150 Å². The van der Waals surface area contributed by atoms with Crippen molar-refractivity contribution in [2.45, 2.75) is 19.8 Å². The zero-order chi connectivity index (χ0) is 17.2. The van der Waals surface area contributed by atoms with Gasteiger partial charge in [0.05, 0.1) is 0 Å². The lowest BCUT2D eigenvalue weighted by molar-refractivity contribution is -0.135. The molecule has 1 aromatic rings. The predicted octanol–water partition coefficient (Wildman–Crippen LogP) is 2.73. The van der Waals surface area contributed by atoms with E-state index in [-0.39, 0.29) is 12.5 Å². The van der Waals surface area contributed by atoms with Crippen LogP contribution in [0.1, 0.15) is 18.4 Å². The number of benzene rings is 1. The summed E-state index contributed by atoms with van der Waals surface area (Å²) < 4.78 is 5.66. The quantitative estimate of drug-likeness (QED) is 0.773. The zero-order valence-corrected chi connectivity index (χ0v) is 15.1. The Bertz CT molecular complexity index is 649. The van der Waals surface area contributed by atoms with E-state index in [2.05, 4.69) is 17.1 Å². The Morgan fingerprint density at radius 1 is 1.16 bits per heavy atom. The van der Waals surface area contributed by atoms with Crippen LogP contribution < -0.4 is 4.74 Å². The fourth-order valence-electron chi connectivity index (χ4n) is 4.56. The smallest absolute Gasteiger partial charge is 0.260 e. The lowest BCUT2D eigenvalue weighted by Gasteiger charge is -2.36. The maximum absolute atomic E-state index is 12.4. The van der Waals surface area contributed by atoms with Gasteiger partial charge in [0.25, 0.3) is 5.91 Å². The van der Waals surface area contributed by atoms with Gasteiger partial charge in [-0.15, -0.1) is 0 Å². The predicted molar refractivity (Wildman–Crippen MR) is 98.5 cm³/mol. The topological polar surface area (TPSA) is 32.8 Å². The summed E-state index contributed by atoms with van der Waals surface area (Å²) in [4.78, 5) is 16.9. The van der Waals surface area contributed by atoms with Gasteiger partial charge in [0.1, 0.15) is 5.75 Å². The van der Waals surface area contributed by atoms with Crippen LogP contribution in [0.15, 0.2) is 36.4 Å². The maximum atomic E-state index is 12.4. The van der Waals surface area contributed by atoms with Crippen LogP contribution in [-0.2, 0) is 4.79 Å². The van der Waals surface area contributed by atoms with Crippen molar-refractivity contribution in [2.75, 3.05) is 39.3 Å². The number of ether oxygens (including phenoxy) is 1. The summed E-state index contributed by atoms with van der Waals surface area (Å²) in [7, 11) is 0. The summed E-state index contributed by atoms with van der Waals surface area (Å²) in [5, 5.41) is 0. The van der Waals surface area contributed by atoms with Crippen molar-refractivity contribution in [2.24, 2.45) is 17.8 Å². The number of carbonyl (C=O) groups is 1. The normalized spacial score (nSPS) is 28.5. The van der Waals surface area contributed by atoms with Crippen molar-refractivity contribution in [1.82, 2.24) is 9.80 Å². The van der Waals surface area contributed by atoms with Gasteiger partial charge in [0, 0.05) is 32.7 Å². The molecule has 1 aliphatic heterocycles. The number of aryl methyl sites for hydroxylation is 1. The van der Waals surface area contributed by atoms with Gasteiger partial charge in [-0.05, 0) is 55.2 Å². The molecule has 1 saturated carbocycles. The summed E-state index contributed by atoms with van der Waals surface area (Å²) in [6, 6.07) is 7.86. The molecule has 25 heavy (non-hydrogen) atoms. The molecule has 1 heterocycles. The number of carbonyl (C=O) groups excluding carboxylic acids is 1. The molecule has 1 amide bonds. The van der Waals surface area contributed by atoms with Gasteiger partial charge in [-0.1, -0.05) is 24.3 Å². The van der Waals surface area contributed by atoms with Gasteiger partial charge in [0.2, 0.25) is 0 Å². The first-order chi connectivity index (χ1) is 12.2. The molecular formula is C21H28N2O2. The van der Waals surface area contributed by atoms with Crippen molar-refractivity contribution >= 4 is 5.91 Å². The number of rotatable bonds is 5. The van der Waals surface area contributed by atoms with Crippen molar-refractivity contribution in [1.29, 1.82) is 0 Å². The molecule has 1 aromatic carbocycles. The summed E-state index contributed by atoms with van der Waals surface area (Å²) >= 11 is 0. The number of allylic oxidation sites excluding steroid dienone is 2. The Hall–Kier alpha value is -1.81. The average Bonchev–Trinajstić information content (AvgIpc) is 3.23. The molecule has 4 rings (SSSR count). The Morgan fingerprint density at radius 3 is 2.68 bits per heavy atom. The van der Waals surface area contributed by atoms with E-state index in [4.69, 9.17) is 4.74 Å². The third-order valence-electron chi connectivity index (χ3n) is 5.99. The third kappa shape index (κ3) is 3.90. The average molecular weight is 340 g/mol. The lowest BCUT2D eigenvalue weighted by atomic mass is 9.93. The van der Waals surface area contributed by atoms with Crippen LogP contribution in [0, 0.1) is 24.7 Å². The van der Waals surface area contributed by atoms with Crippen LogP contribution in [0.3, 0.4) is 0 Å². The number of hydrogen-bond acceptors (Lipinski definition) is 3. The minimum atomic E-state index is 0.101. The highest BCUT2D eigenvalue weighted by Crippen LogP contribution is 2.43. The van der Waals surface area contributed by atoms with E-state index in [1.807, 2.05) is 36.1 Å². The van der Waals surface area contributed by atoms with Crippen LogP contribution in [0.25, 0.3) is 0 Å². The second kappa shape index (κ2) is 7.20. The SMILES string of the molecule is Cc1cccc(OCC(=O)N2CCN(C[C@H]3C[C@@H]4C=C[C@@H]3C4)CC2)c1. The van der Waals surface area contributed by atoms with Crippen molar-refractivity contribution in [3.05, 3.63) is 42.0 Å². The minimum Gasteiger partial charge on any atom is -0.484 e. The number of hydrogen-bond donors (Lipinski definition) is 0. The van der Waals surface area contributed by atoms with E-state index >= 15 is 0 Å². The zero-order valence-electron chi connectivity index (χ0n) is 15.1. The number of piperazine rings is 1. The van der Waals surface area contributed by atoms with Gasteiger partial charge in [-0.25, -0.2) is 0 Å². The molecule has 0 spiro atoms. The summed E-state index contributed by atoms with van der Waals surface area (Å²) in [5.41, 5.74) is 1.15. The molecule has 4 heteroatoms. The number of nitrogens with zero attached hydrogens (tertiary/aromatic N) is 2. The minimum absolute atomic E-state index is 0.101. The maximum Gasteiger partial charge on any atom is 0.260 e. The summed E-state index contributed by atoms with van der Waals surface area (Å²) in [6.45, 7) is 7.01. The Kier molecular flexibility index (Phi) is 4.80. The van der Waals surface area contributed by atoms with Crippen molar-refractivity contribution in [3.8, 4) is 5.75 Å². The fourth-order valence-corrected chi connectivity index (χ4v) is 4.56. The molecule has 2 aliphatic carbocycles. The molecule has 2 bridgehead atoms. The Morgan fingerprint density at radius 2 is 2.00 bits per heavy atom. The molecular weight excluding hydrogens is 312 g/mol. The number of fused-ring (bicyclic) bond motifs is 2. The van der Waals surface area contributed by atoms with Gasteiger partial charge < -0.3 is 9.64 Å². The molecule has 0 N–H and O–H groups in total. The van der Waals surface area contributed by atoms with Crippen LogP contribution in [-0.4, -0.2) is 55.0 Å². The van der Waals surface area contributed by atoms with E-state index in [0.29, 0.717) is 0 Å². The highest BCUT2D eigenvalue weighted by molar-refractivity contribution is 5.77. The lowest BCUT2D eigenvalue weighted by Crippen LogP contribution is -2.51. The summed E-state index contributed by atoms with van der Waals surface area (Å²) in [6.07, 6.45) is 7.58. The van der Waals surface area contributed by atoms with Gasteiger partial charge in [-0.3, -0.25) is 9.69 Å². The van der Waals surface area contributed by atoms with E-state index in [1.165, 1.54) is 19.4 Å². The molecule has 0 radical (unpaired) electrons. The second-order valence-electron chi connectivity index (χ2n) is 7.83. The summed E-state index contributed by atoms with van der Waals surface area (Å²) in [5.74, 6) is 3.37. The molecule has 3 atom stereocenters. The first-order valence-corrected chi connectivity index (χ1v) is 9.55. The fraction of sp³-hybridized carbons (Fsp3) is 0.571. The molecule has 0 unspecified atom stereocenters. The van der Waals surface area contributed by atoms with Crippen LogP contribution in [0.2, 0.25) is 0 Å².